The summed E-state index contributed by atoms with van der Waals surface area (Å²) >= 11 is 0. The minimum Gasteiger partial charge on any atom is -0.340 e. The summed E-state index contributed by atoms with van der Waals surface area (Å²) in [6.07, 6.45) is 2.09. The average Bonchev–Trinajstić information content (AvgIpc) is 2.32. The van der Waals surface area contributed by atoms with Crippen LogP contribution in [0.5, 0.6) is 0 Å². The Bertz CT molecular complexity index is 294. The third-order valence-corrected chi connectivity index (χ3v) is 4.02. The van der Waals surface area contributed by atoms with Crippen LogP contribution in [0.25, 0.3) is 0 Å². The molecule has 20 heavy (non-hydrogen) atoms. The maximum atomic E-state index is 12.5. The molecule has 0 bridgehead atoms. The third-order valence-electron chi connectivity index (χ3n) is 4.02. The van der Waals surface area contributed by atoms with E-state index in [-0.39, 0.29) is 11.9 Å². The molecule has 1 unspecified atom stereocenters. The molecule has 1 rings (SSSR count). The van der Waals surface area contributed by atoms with Crippen molar-refractivity contribution in [1.29, 1.82) is 0 Å². The predicted octanol–water partition coefficient (Wildman–Crippen LogP) is 2.09. The van der Waals surface area contributed by atoms with Gasteiger partial charge in [0.15, 0.2) is 0 Å². The highest BCUT2D eigenvalue weighted by Gasteiger charge is 2.29. The summed E-state index contributed by atoms with van der Waals surface area (Å²) in [7, 11) is 0. The first-order chi connectivity index (χ1) is 9.32. The van der Waals surface area contributed by atoms with Crippen molar-refractivity contribution >= 4 is 5.91 Å². The molecule has 1 atom stereocenters. The van der Waals surface area contributed by atoms with E-state index in [4.69, 9.17) is 0 Å². The fraction of sp³-hybridized carbons (Fsp3) is 0.938. The van der Waals surface area contributed by atoms with E-state index in [0.29, 0.717) is 18.1 Å². The summed E-state index contributed by atoms with van der Waals surface area (Å²) in [5, 5.41) is 3.39. The summed E-state index contributed by atoms with van der Waals surface area (Å²) in [4.78, 5) is 17.0. The molecule has 1 fully saturated rings. The lowest BCUT2D eigenvalue weighted by atomic mass is 10.0. The first-order valence-corrected chi connectivity index (χ1v) is 8.13. The van der Waals surface area contributed by atoms with Gasteiger partial charge in [-0.15, -0.1) is 0 Å². The summed E-state index contributed by atoms with van der Waals surface area (Å²) in [5.74, 6) is 0.289. The van der Waals surface area contributed by atoms with Gasteiger partial charge in [0, 0.05) is 37.8 Å². The van der Waals surface area contributed by atoms with Crippen molar-refractivity contribution in [3.05, 3.63) is 0 Å². The first kappa shape index (κ1) is 17.4. The number of amides is 1. The van der Waals surface area contributed by atoms with Crippen LogP contribution in [-0.4, -0.2) is 59.5 Å². The summed E-state index contributed by atoms with van der Waals surface area (Å²) in [5.41, 5.74) is 0. The van der Waals surface area contributed by atoms with E-state index < -0.39 is 0 Å². The second-order valence-corrected chi connectivity index (χ2v) is 6.77. The zero-order chi connectivity index (χ0) is 15.3. The smallest absolute Gasteiger partial charge is 0.239 e. The van der Waals surface area contributed by atoms with E-state index in [9.17, 15) is 4.79 Å². The first-order valence-electron chi connectivity index (χ1n) is 8.13. The van der Waals surface area contributed by atoms with E-state index in [1.165, 1.54) is 0 Å². The van der Waals surface area contributed by atoms with Gasteiger partial charge in [-0.05, 0) is 40.5 Å². The van der Waals surface area contributed by atoms with Gasteiger partial charge < -0.3 is 10.2 Å². The number of nitrogens with zero attached hydrogens (tertiary/aromatic N) is 2. The molecule has 1 N–H and O–H groups in total. The number of rotatable bonds is 7. The van der Waals surface area contributed by atoms with Crippen molar-refractivity contribution in [2.24, 2.45) is 0 Å². The van der Waals surface area contributed by atoms with Crippen LogP contribution in [-0.2, 0) is 4.79 Å². The van der Waals surface area contributed by atoms with Gasteiger partial charge in [-0.25, -0.2) is 0 Å². The monoisotopic (exact) mass is 283 g/mol. The molecule has 0 aromatic carbocycles. The summed E-state index contributed by atoms with van der Waals surface area (Å²) in [6, 6.07) is 1.45. The molecule has 0 aromatic rings. The van der Waals surface area contributed by atoms with Crippen molar-refractivity contribution in [1.82, 2.24) is 15.1 Å². The number of likely N-dealkylation sites (tertiary alicyclic amines) is 1. The fourth-order valence-electron chi connectivity index (χ4n) is 3.07. The molecule has 1 heterocycles. The van der Waals surface area contributed by atoms with Gasteiger partial charge >= 0.3 is 0 Å². The van der Waals surface area contributed by atoms with Gasteiger partial charge in [-0.1, -0.05) is 13.8 Å². The van der Waals surface area contributed by atoms with Gasteiger partial charge in [0.1, 0.15) is 0 Å². The van der Waals surface area contributed by atoms with Crippen LogP contribution >= 0.6 is 0 Å². The number of hydrogen-bond acceptors (Lipinski definition) is 3. The molecular weight excluding hydrogens is 250 g/mol. The summed E-state index contributed by atoms with van der Waals surface area (Å²) in [6.45, 7) is 15.8. The Hall–Kier alpha value is -0.610. The van der Waals surface area contributed by atoms with E-state index in [0.717, 1.165) is 32.5 Å². The lowest BCUT2D eigenvalue weighted by molar-refractivity contribution is -0.136. The molecule has 1 aliphatic heterocycles. The second-order valence-electron chi connectivity index (χ2n) is 6.77. The Morgan fingerprint density at radius 1 is 1.20 bits per heavy atom. The highest BCUT2D eigenvalue weighted by Crippen LogP contribution is 2.13. The molecule has 0 aromatic heterocycles. The largest absolute Gasteiger partial charge is 0.340 e. The van der Waals surface area contributed by atoms with Crippen LogP contribution in [0.2, 0.25) is 0 Å². The lowest BCUT2D eigenvalue weighted by Gasteiger charge is -2.37. The van der Waals surface area contributed by atoms with E-state index in [1.807, 2.05) is 4.90 Å². The molecule has 4 heteroatoms. The highest BCUT2D eigenvalue weighted by molar-refractivity contribution is 5.82. The Balaban J connectivity index is 2.52. The van der Waals surface area contributed by atoms with Crippen LogP contribution < -0.4 is 5.32 Å². The molecule has 1 saturated heterocycles. The molecule has 0 radical (unpaired) electrons. The maximum Gasteiger partial charge on any atom is 0.239 e. The number of hydrogen-bond donors (Lipinski definition) is 1. The van der Waals surface area contributed by atoms with Crippen molar-refractivity contribution in [2.45, 2.75) is 78.6 Å². The van der Waals surface area contributed by atoms with Crippen molar-refractivity contribution in [3.63, 3.8) is 0 Å². The van der Waals surface area contributed by atoms with Crippen molar-refractivity contribution in [3.8, 4) is 0 Å². The standard InChI is InChI=1S/C16H33N3O/c1-12(2)17-15-8-7-9-18(16(15)20)10-11-19(13(3)4)14(5)6/h12-15,17H,7-11H2,1-6H3. The third kappa shape index (κ3) is 5.06. The van der Waals surface area contributed by atoms with Gasteiger partial charge in [-0.3, -0.25) is 9.69 Å². The average molecular weight is 283 g/mol. The zero-order valence-corrected chi connectivity index (χ0v) is 14.1. The topological polar surface area (TPSA) is 35.6 Å². The van der Waals surface area contributed by atoms with Gasteiger partial charge in [-0.2, -0.15) is 0 Å². The number of piperidine rings is 1. The number of carbonyl (C=O) groups excluding carboxylic acids is 1. The van der Waals surface area contributed by atoms with Crippen LogP contribution in [0.3, 0.4) is 0 Å². The molecule has 118 valence electrons. The molecule has 0 aliphatic carbocycles. The Labute approximate surface area is 124 Å². The summed E-state index contributed by atoms with van der Waals surface area (Å²) < 4.78 is 0. The minimum atomic E-state index is 0.0234. The fourth-order valence-corrected chi connectivity index (χ4v) is 3.07. The molecule has 1 amide bonds. The maximum absolute atomic E-state index is 12.5. The van der Waals surface area contributed by atoms with E-state index in [2.05, 4.69) is 51.8 Å². The SMILES string of the molecule is CC(C)NC1CCCN(CCN(C(C)C)C(C)C)C1=O. The minimum absolute atomic E-state index is 0.0234. The molecule has 1 aliphatic rings. The molecule has 0 saturated carbocycles. The zero-order valence-electron chi connectivity index (χ0n) is 14.1. The molecular formula is C16H33N3O. The molecule has 4 nitrogen and oxygen atoms in total. The molecule has 0 spiro atoms. The number of carbonyl (C=O) groups is 1. The van der Waals surface area contributed by atoms with Crippen molar-refractivity contribution in [2.75, 3.05) is 19.6 Å². The lowest BCUT2D eigenvalue weighted by Crippen LogP contribution is -2.54. The van der Waals surface area contributed by atoms with E-state index >= 15 is 0 Å². The Kier molecular flexibility index (Phi) is 6.96. The Morgan fingerprint density at radius 2 is 1.80 bits per heavy atom. The van der Waals surface area contributed by atoms with Crippen LogP contribution in [0, 0.1) is 0 Å². The second kappa shape index (κ2) is 7.99. The number of nitrogens with one attached hydrogen (secondary N) is 1. The van der Waals surface area contributed by atoms with Gasteiger partial charge in [0.2, 0.25) is 5.91 Å². The van der Waals surface area contributed by atoms with Crippen LogP contribution in [0.4, 0.5) is 0 Å². The van der Waals surface area contributed by atoms with Crippen molar-refractivity contribution < 1.29 is 4.79 Å². The van der Waals surface area contributed by atoms with Crippen LogP contribution in [0.15, 0.2) is 0 Å². The van der Waals surface area contributed by atoms with Gasteiger partial charge in [0.25, 0.3) is 0 Å². The van der Waals surface area contributed by atoms with E-state index in [1.54, 1.807) is 0 Å². The highest BCUT2D eigenvalue weighted by atomic mass is 16.2. The van der Waals surface area contributed by atoms with Gasteiger partial charge in [0.05, 0.1) is 6.04 Å². The predicted molar refractivity (Wildman–Crippen MR) is 84.9 cm³/mol. The van der Waals surface area contributed by atoms with Crippen LogP contribution in [0.1, 0.15) is 54.4 Å². The normalized spacial score (nSPS) is 20.8. The quantitative estimate of drug-likeness (QED) is 0.777. The Morgan fingerprint density at radius 3 is 2.30 bits per heavy atom.